The third-order valence-corrected chi connectivity index (χ3v) is 5.90. The smallest absolute Gasteiger partial charge is 0.255 e. The van der Waals surface area contributed by atoms with Gasteiger partial charge in [-0.05, 0) is 56.9 Å². The van der Waals surface area contributed by atoms with Crippen molar-refractivity contribution >= 4 is 17.7 Å². The molecule has 0 aromatic heterocycles. The van der Waals surface area contributed by atoms with Gasteiger partial charge in [-0.3, -0.25) is 19.7 Å². The summed E-state index contributed by atoms with van der Waals surface area (Å²) in [5.41, 5.74) is 0.335. The van der Waals surface area contributed by atoms with Crippen LogP contribution in [0, 0.1) is 5.41 Å². The Morgan fingerprint density at radius 3 is 2.53 bits per heavy atom. The number of imide groups is 1. The number of piperidine rings is 1. The number of fused-ring (bicyclic) bond motifs is 1. The summed E-state index contributed by atoms with van der Waals surface area (Å²) in [6, 6.07) is 4.77. The molecule has 2 aliphatic heterocycles. The zero-order valence-corrected chi connectivity index (χ0v) is 18.4. The standard InChI is InChI=1S/C23H32N2O5/c1-6-18(22(2,3)13-23(4,5)29)30-15-7-8-16-14(11-15)12-25(21(16)28)17-9-10-19(26)24-20(17)27/h7-8,11,17-18,29H,6,9-10,12-13H2,1-5H3,(H,24,26,27)/t17?,18-/m1/s1. The molecule has 1 saturated heterocycles. The number of ether oxygens (including phenoxy) is 1. The van der Waals surface area contributed by atoms with Gasteiger partial charge in [-0.1, -0.05) is 20.8 Å². The molecule has 164 valence electrons. The SMILES string of the molecule is CC[C@@H](Oc1ccc2c(c1)CN(C1CCC(=O)NC1=O)C2=O)C(C)(C)CC(C)(C)O. The Balaban J connectivity index is 1.76. The minimum absolute atomic E-state index is 0.106. The summed E-state index contributed by atoms with van der Waals surface area (Å²) in [6.07, 6.45) is 1.84. The summed E-state index contributed by atoms with van der Waals surface area (Å²) in [5.74, 6) is -0.235. The number of carbonyl (C=O) groups is 3. The van der Waals surface area contributed by atoms with Gasteiger partial charge in [-0.2, -0.15) is 0 Å². The lowest BCUT2D eigenvalue weighted by atomic mass is 9.76. The van der Waals surface area contributed by atoms with Crippen molar-refractivity contribution in [3.05, 3.63) is 29.3 Å². The first-order chi connectivity index (χ1) is 13.9. The van der Waals surface area contributed by atoms with Gasteiger partial charge in [0.2, 0.25) is 11.8 Å². The summed E-state index contributed by atoms with van der Waals surface area (Å²) in [4.78, 5) is 38.0. The van der Waals surface area contributed by atoms with E-state index in [9.17, 15) is 19.5 Å². The van der Waals surface area contributed by atoms with E-state index in [0.717, 1.165) is 12.0 Å². The van der Waals surface area contributed by atoms with Crippen LogP contribution in [-0.4, -0.2) is 45.5 Å². The molecule has 1 aromatic rings. The van der Waals surface area contributed by atoms with Crippen molar-refractivity contribution < 1.29 is 24.2 Å². The van der Waals surface area contributed by atoms with Crippen molar-refractivity contribution in [3.8, 4) is 5.75 Å². The first-order valence-corrected chi connectivity index (χ1v) is 10.6. The topological polar surface area (TPSA) is 95.9 Å². The fourth-order valence-electron chi connectivity index (χ4n) is 4.81. The molecule has 2 heterocycles. The van der Waals surface area contributed by atoms with Gasteiger partial charge >= 0.3 is 0 Å². The van der Waals surface area contributed by atoms with Gasteiger partial charge in [0.25, 0.3) is 5.91 Å². The number of nitrogens with one attached hydrogen (secondary N) is 1. The first-order valence-electron chi connectivity index (χ1n) is 10.6. The van der Waals surface area contributed by atoms with E-state index in [1.807, 2.05) is 6.07 Å². The summed E-state index contributed by atoms with van der Waals surface area (Å²) >= 11 is 0. The second-order valence-electron chi connectivity index (χ2n) is 9.71. The lowest BCUT2D eigenvalue weighted by Crippen LogP contribution is -2.52. The van der Waals surface area contributed by atoms with Crippen molar-refractivity contribution in [1.29, 1.82) is 0 Å². The zero-order valence-electron chi connectivity index (χ0n) is 18.4. The number of nitrogens with zero attached hydrogens (tertiary/aromatic N) is 1. The molecule has 0 bridgehead atoms. The normalized spacial score (nSPS) is 20.8. The fraction of sp³-hybridized carbons (Fsp3) is 0.609. The highest BCUT2D eigenvalue weighted by Gasteiger charge is 2.40. The summed E-state index contributed by atoms with van der Waals surface area (Å²) in [5, 5.41) is 12.6. The van der Waals surface area contributed by atoms with E-state index < -0.39 is 17.6 Å². The minimum atomic E-state index is -0.799. The maximum Gasteiger partial charge on any atom is 0.255 e. The molecular weight excluding hydrogens is 384 g/mol. The van der Waals surface area contributed by atoms with E-state index in [2.05, 4.69) is 26.1 Å². The molecule has 3 amide bonds. The molecule has 2 aliphatic rings. The Hall–Kier alpha value is -2.41. The van der Waals surface area contributed by atoms with Gasteiger partial charge in [0.1, 0.15) is 17.9 Å². The molecule has 3 rings (SSSR count). The van der Waals surface area contributed by atoms with E-state index in [1.165, 1.54) is 4.90 Å². The fourth-order valence-corrected chi connectivity index (χ4v) is 4.81. The summed E-state index contributed by atoms with van der Waals surface area (Å²) < 4.78 is 6.29. The lowest BCUT2D eigenvalue weighted by molar-refractivity contribution is -0.136. The molecule has 7 nitrogen and oxygen atoms in total. The number of hydrogen-bond acceptors (Lipinski definition) is 5. The predicted octanol–water partition coefficient (Wildman–Crippen LogP) is 2.79. The molecule has 0 radical (unpaired) electrons. The van der Waals surface area contributed by atoms with Crippen LogP contribution in [0.5, 0.6) is 5.75 Å². The highest BCUT2D eigenvalue weighted by molar-refractivity contribution is 6.05. The minimum Gasteiger partial charge on any atom is -0.490 e. The number of hydrogen-bond donors (Lipinski definition) is 2. The van der Waals surface area contributed by atoms with Gasteiger partial charge in [-0.25, -0.2) is 0 Å². The van der Waals surface area contributed by atoms with Gasteiger partial charge in [-0.15, -0.1) is 0 Å². The predicted molar refractivity (Wildman–Crippen MR) is 112 cm³/mol. The number of benzene rings is 1. The second kappa shape index (κ2) is 8.02. The molecule has 1 aromatic carbocycles. The van der Waals surface area contributed by atoms with Crippen molar-refractivity contribution in [2.45, 2.75) is 84.6 Å². The largest absolute Gasteiger partial charge is 0.490 e. The lowest BCUT2D eigenvalue weighted by Gasteiger charge is -2.38. The van der Waals surface area contributed by atoms with Crippen LogP contribution in [0.2, 0.25) is 0 Å². The van der Waals surface area contributed by atoms with Crippen LogP contribution in [0.1, 0.15) is 76.2 Å². The molecule has 30 heavy (non-hydrogen) atoms. The Morgan fingerprint density at radius 1 is 1.23 bits per heavy atom. The van der Waals surface area contributed by atoms with E-state index >= 15 is 0 Å². The number of amides is 3. The number of carbonyl (C=O) groups excluding carboxylic acids is 3. The second-order valence-corrected chi connectivity index (χ2v) is 9.71. The number of rotatable bonds is 7. The maximum absolute atomic E-state index is 12.8. The van der Waals surface area contributed by atoms with Gasteiger partial charge < -0.3 is 14.7 Å². The van der Waals surface area contributed by atoms with Crippen LogP contribution < -0.4 is 10.1 Å². The van der Waals surface area contributed by atoms with Crippen LogP contribution in [-0.2, 0) is 16.1 Å². The Bertz CT molecular complexity index is 856. The van der Waals surface area contributed by atoms with E-state index in [0.29, 0.717) is 30.7 Å². The van der Waals surface area contributed by atoms with Crippen LogP contribution in [0.15, 0.2) is 18.2 Å². The van der Waals surface area contributed by atoms with E-state index in [1.54, 1.807) is 26.0 Å². The molecule has 2 atom stereocenters. The van der Waals surface area contributed by atoms with Crippen molar-refractivity contribution in [2.75, 3.05) is 0 Å². The van der Waals surface area contributed by atoms with Crippen molar-refractivity contribution in [3.63, 3.8) is 0 Å². The number of aliphatic hydroxyl groups is 1. The van der Waals surface area contributed by atoms with Gasteiger partial charge in [0.15, 0.2) is 0 Å². The molecule has 7 heteroatoms. The van der Waals surface area contributed by atoms with E-state index in [-0.39, 0.29) is 29.8 Å². The third kappa shape index (κ3) is 4.67. The molecule has 1 fully saturated rings. The van der Waals surface area contributed by atoms with Crippen LogP contribution in [0.25, 0.3) is 0 Å². The van der Waals surface area contributed by atoms with Gasteiger partial charge in [0, 0.05) is 23.9 Å². The molecule has 0 spiro atoms. The van der Waals surface area contributed by atoms with Crippen LogP contribution in [0.4, 0.5) is 0 Å². The Morgan fingerprint density at radius 2 is 1.93 bits per heavy atom. The third-order valence-electron chi connectivity index (χ3n) is 5.90. The quantitative estimate of drug-likeness (QED) is 0.667. The molecule has 2 N–H and O–H groups in total. The van der Waals surface area contributed by atoms with E-state index in [4.69, 9.17) is 4.74 Å². The Kier molecular flexibility index (Phi) is 5.96. The average Bonchev–Trinajstić information content (AvgIpc) is 2.93. The molecular formula is C23H32N2O5. The van der Waals surface area contributed by atoms with Crippen LogP contribution >= 0.6 is 0 Å². The average molecular weight is 417 g/mol. The zero-order chi connectivity index (χ0) is 22.3. The van der Waals surface area contributed by atoms with Gasteiger partial charge in [0.05, 0.1) is 5.60 Å². The highest BCUT2D eigenvalue weighted by Crippen LogP contribution is 2.37. The highest BCUT2D eigenvalue weighted by atomic mass is 16.5. The summed E-state index contributed by atoms with van der Waals surface area (Å²) in [6.45, 7) is 10.1. The van der Waals surface area contributed by atoms with Crippen LogP contribution in [0.3, 0.4) is 0 Å². The van der Waals surface area contributed by atoms with Crippen molar-refractivity contribution in [1.82, 2.24) is 10.2 Å². The maximum atomic E-state index is 12.8. The molecule has 0 aliphatic carbocycles. The molecule has 0 saturated carbocycles. The monoisotopic (exact) mass is 416 g/mol. The first kappa shape index (κ1) is 22.3. The summed E-state index contributed by atoms with van der Waals surface area (Å²) in [7, 11) is 0. The Labute approximate surface area is 177 Å². The van der Waals surface area contributed by atoms with Crippen molar-refractivity contribution in [2.24, 2.45) is 5.41 Å². The molecule has 1 unspecified atom stereocenters.